The third kappa shape index (κ3) is 5.07. The molecule has 3 aromatic rings. The number of carbonyl (C=O) groups is 3. The number of anilines is 1. The molecule has 0 aliphatic heterocycles. The van der Waals surface area contributed by atoms with Crippen LogP contribution in [-0.4, -0.2) is 35.7 Å². The molecule has 4 rings (SSSR count). The van der Waals surface area contributed by atoms with Crippen molar-refractivity contribution in [2.24, 2.45) is 0 Å². The second kappa shape index (κ2) is 10.3. The van der Waals surface area contributed by atoms with Crippen molar-refractivity contribution in [3.63, 3.8) is 0 Å². The molecule has 0 fully saturated rings. The first-order valence-electron chi connectivity index (χ1n) is 11.3. The highest BCUT2D eigenvalue weighted by Gasteiger charge is 2.29. The van der Waals surface area contributed by atoms with Crippen LogP contribution in [0.25, 0.3) is 11.1 Å². The van der Waals surface area contributed by atoms with E-state index in [1.807, 2.05) is 36.4 Å². The van der Waals surface area contributed by atoms with Crippen LogP contribution in [0.5, 0.6) is 0 Å². The number of benzene rings is 3. The highest BCUT2D eigenvalue weighted by Crippen LogP contribution is 2.44. The maximum absolute atomic E-state index is 12.8. The number of hydrogen-bond donors (Lipinski definition) is 3. The van der Waals surface area contributed by atoms with Gasteiger partial charge in [0.2, 0.25) is 5.91 Å². The van der Waals surface area contributed by atoms with Crippen LogP contribution >= 0.6 is 15.9 Å². The summed E-state index contributed by atoms with van der Waals surface area (Å²) in [5.41, 5.74) is 5.55. The third-order valence-electron chi connectivity index (χ3n) is 6.16. The molecule has 0 saturated carbocycles. The number of carboxylic acids is 1. The van der Waals surface area contributed by atoms with Gasteiger partial charge >= 0.3 is 12.1 Å². The standard InChI is InChI=1S/C27H25BrN2O5/c1-3-23(25(31)29-24-13-20(26(32)33)22(28)12-15(24)2)30-27(34)35-14-21-18-10-6-4-8-16(18)17-9-5-7-11-19(17)21/h4-13,21,23H,3,14H2,1-2H3,(H,29,31)(H,30,34)(H,32,33). The van der Waals surface area contributed by atoms with Crippen LogP contribution in [-0.2, 0) is 9.53 Å². The number of ether oxygens (including phenoxy) is 1. The Labute approximate surface area is 211 Å². The minimum atomic E-state index is -1.11. The predicted molar refractivity (Wildman–Crippen MR) is 137 cm³/mol. The Hall–Kier alpha value is -3.65. The fourth-order valence-electron chi connectivity index (χ4n) is 4.33. The molecule has 0 heterocycles. The van der Waals surface area contributed by atoms with Gasteiger partial charge in [0.05, 0.1) is 5.56 Å². The van der Waals surface area contributed by atoms with Crippen molar-refractivity contribution in [2.75, 3.05) is 11.9 Å². The zero-order valence-corrected chi connectivity index (χ0v) is 20.9. The van der Waals surface area contributed by atoms with E-state index in [2.05, 4.69) is 38.7 Å². The maximum atomic E-state index is 12.8. The quantitative estimate of drug-likeness (QED) is 0.358. The average molecular weight is 537 g/mol. The van der Waals surface area contributed by atoms with Gasteiger partial charge in [0.25, 0.3) is 0 Å². The number of aryl methyl sites for hydroxylation is 1. The molecule has 3 N–H and O–H groups in total. The van der Waals surface area contributed by atoms with Gasteiger partial charge in [-0.25, -0.2) is 9.59 Å². The summed E-state index contributed by atoms with van der Waals surface area (Å²) >= 11 is 3.22. The number of nitrogens with one attached hydrogen (secondary N) is 2. The lowest BCUT2D eigenvalue weighted by Gasteiger charge is -2.19. The molecule has 1 atom stereocenters. The average Bonchev–Trinajstić information content (AvgIpc) is 3.16. The number of aromatic carboxylic acids is 1. The van der Waals surface area contributed by atoms with Crippen LogP contribution in [0.4, 0.5) is 10.5 Å². The predicted octanol–water partition coefficient (Wildman–Crippen LogP) is 5.71. The monoisotopic (exact) mass is 536 g/mol. The number of hydrogen-bond acceptors (Lipinski definition) is 4. The number of alkyl carbamates (subject to hydrolysis) is 1. The maximum Gasteiger partial charge on any atom is 0.407 e. The van der Waals surface area contributed by atoms with Gasteiger partial charge in [0.15, 0.2) is 0 Å². The molecule has 1 unspecified atom stereocenters. The van der Waals surface area contributed by atoms with Gasteiger partial charge in [-0.3, -0.25) is 4.79 Å². The first-order valence-corrected chi connectivity index (χ1v) is 12.0. The molecule has 0 bridgehead atoms. The first kappa shape index (κ1) is 24.5. The number of amides is 2. The second-order valence-electron chi connectivity index (χ2n) is 8.37. The van der Waals surface area contributed by atoms with Crippen molar-refractivity contribution in [1.82, 2.24) is 5.32 Å². The Bertz CT molecular complexity index is 1260. The molecule has 0 saturated heterocycles. The molecule has 0 aromatic heterocycles. The van der Waals surface area contributed by atoms with Gasteiger partial charge in [-0.2, -0.15) is 0 Å². The van der Waals surface area contributed by atoms with Crippen LogP contribution < -0.4 is 10.6 Å². The lowest BCUT2D eigenvalue weighted by Crippen LogP contribution is -2.44. The van der Waals surface area contributed by atoms with Crippen molar-refractivity contribution in [3.8, 4) is 11.1 Å². The van der Waals surface area contributed by atoms with Crippen LogP contribution in [0.3, 0.4) is 0 Å². The summed E-state index contributed by atoms with van der Waals surface area (Å²) in [6.07, 6.45) is -0.357. The molecule has 2 amide bonds. The van der Waals surface area contributed by atoms with E-state index in [0.717, 1.165) is 22.3 Å². The Kier molecular flexibility index (Phi) is 7.21. The lowest BCUT2D eigenvalue weighted by atomic mass is 9.98. The van der Waals surface area contributed by atoms with Crippen molar-refractivity contribution in [1.29, 1.82) is 0 Å². The van der Waals surface area contributed by atoms with Crippen LogP contribution in [0.1, 0.15) is 46.3 Å². The summed E-state index contributed by atoms with van der Waals surface area (Å²) < 4.78 is 5.97. The zero-order chi connectivity index (χ0) is 25.1. The SMILES string of the molecule is CCC(NC(=O)OCC1c2ccccc2-c2ccccc21)C(=O)Nc1cc(C(=O)O)c(Br)cc1C. The van der Waals surface area contributed by atoms with E-state index in [4.69, 9.17) is 4.74 Å². The van der Waals surface area contributed by atoms with E-state index in [1.54, 1.807) is 19.9 Å². The molecule has 0 spiro atoms. The number of rotatable bonds is 7. The van der Waals surface area contributed by atoms with E-state index >= 15 is 0 Å². The van der Waals surface area contributed by atoms with Gasteiger partial charge in [-0.05, 0) is 69.2 Å². The Morgan fingerprint density at radius 3 is 2.20 bits per heavy atom. The molecule has 180 valence electrons. The molecule has 3 aromatic carbocycles. The number of fused-ring (bicyclic) bond motifs is 3. The highest BCUT2D eigenvalue weighted by molar-refractivity contribution is 9.10. The Balaban J connectivity index is 1.41. The van der Waals surface area contributed by atoms with Gasteiger partial charge in [0.1, 0.15) is 12.6 Å². The van der Waals surface area contributed by atoms with E-state index in [9.17, 15) is 19.5 Å². The Morgan fingerprint density at radius 2 is 1.63 bits per heavy atom. The summed E-state index contributed by atoms with van der Waals surface area (Å²) in [5, 5.41) is 14.7. The van der Waals surface area contributed by atoms with Crippen molar-refractivity contribution < 1.29 is 24.2 Å². The molecule has 0 radical (unpaired) electrons. The molecule has 7 nitrogen and oxygen atoms in total. The number of carboxylic acid groups (broad SMARTS) is 1. The largest absolute Gasteiger partial charge is 0.478 e. The lowest BCUT2D eigenvalue weighted by molar-refractivity contribution is -0.118. The summed E-state index contributed by atoms with van der Waals surface area (Å²) in [6, 6.07) is 18.3. The highest BCUT2D eigenvalue weighted by atomic mass is 79.9. The molecule has 1 aliphatic carbocycles. The van der Waals surface area contributed by atoms with Gasteiger partial charge in [-0.15, -0.1) is 0 Å². The second-order valence-corrected chi connectivity index (χ2v) is 9.23. The summed E-state index contributed by atoms with van der Waals surface area (Å²) in [4.78, 5) is 36.9. The number of carbonyl (C=O) groups excluding carboxylic acids is 2. The molecule has 8 heteroatoms. The minimum Gasteiger partial charge on any atom is -0.478 e. The smallest absolute Gasteiger partial charge is 0.407 e. The molecular formula is C27H25BrN2O5. The van der Waals surface area contributed by atoms with Gasteiger partial charge in [0, 0.05) is 16.1 Å². The molecule has 35 heavy (non-hydrogen) atoms. The van der Waals surface area contributed by atoms with Gasteiger partial charge < -0.3 is 20.5 Å². The molecule has 1 aliphatic rings. The fraction of sp³-hybridized carbons (Fsp3) is 0.222. The Morgan fingerprint density at radius 1 is 1.03 bits per heavy atom. The van der Waals surface area contributed by atoms with Gasteiger partial charge in [-0.1, -0.05) is 55.5 Å². The van der Waals surface area contributed by atoms with Crippen LogP contribution in [0.15, 0.2) is 65.1 Å². The third-order valence-corrected chi connectivity index (χ3v) is 6.82. The summed E-state index contributed by atoms with van der Waals surface area (Å²) in [7, 11) is 0. The summed E-state index contributed by atoms with van der Waals surface area (Å²) in [6.45, 7) is 3.67. The normalized spacial score (nSPS) is 12.9. The van der Waals surface area contributed by atoms with E-state index in [0.29, 0.717) is 22.1 Å². The van der Waals surface area contributed by atoms with Crippen molar-refractivity contribution >= 4 is 39.6 Å². The fourth-order valence-corrected chi connectivity index (χ4v) is 4.95. The van der Waals surface area contributed by atoms with E-state index in [1.165, 1.54) is 6.07 Å². The van der Waals surface area contributed by atoms with Crippen molar-refractivity contribution in [2.45, 2.75) is 32.2 Å². The molecular weight excluding hydrogens is 512 g/mol. The van der Waals surface area contributed by atoms with E-state index < -0.39 is 24.0 Å². The minimum absolute atomic E-state index is 0.0310. The number of halogens is 1. The zero-order valence-electron chi connectivity index (χ0n) is 19.3. The first-order chi connectivity index (χ1) is 16.8. The van der Waals surface area contributed by atoms with Crippen molar-refractivity contribution in [3.05, 3.63) is 87.4 Å². The van der Waals surface area contributed by atoms with Crippen LogP contribution in [0.2, 0.25) is 0 Å². The topological polar surface area (TPSA) is 105 Å². The van der Waals surface area contributed by atoms with Crippen LogP contribution in [0, 0.1) is 6.92 Å². The van der Waals surface area contributed by atoms with E-state index in [-0.39, 0.29) is 18.1 Å². The summed E-state index contributed by atoms with van der Waals surface area (Å²) in [5.74, 6) is -1.65.